The SMILES string of the molecule is Cc1ccc(C(NN)C2CCCc3ccccc32)cn1. The van der Waals surface area contributed by atoms with Crippen molar-refractivity contribution in [1.82, 2.24) is 10.4 Å². The van der Waals surface area contributed by atoms with E-state index in [4.69, 9.17) is 5.84 Å². The lowest BCUT2D eigenvalue weighted by atomic mass is 9.77. The Balaban J connectivity index is 1.96. The Kier molecular flexibility index (Phi) is 3.81. The Labute approximate surface area is 120 Å². The maximum absolute atomic E-state index is 5.85. The van der Waals surface area contributed by atoms with Gasteiger partial charge in [-0.25, -0.2) is 0 Å². The van der Waals surface area contributed by atoms with E-state index in [1.54, 1.807) is 0 Å². The van der Waals surface area contributed by atoms with E-state index in [1.165, 1.54) is 36.0 Å². The third-order valence-corrected chi connectivity index (χ3v) is 4.29. The van der Waals surface area contributed by atoms with Crippen LogP contribution in [0.5, 0.6) is 0 Å². The van der Waals surface area contributed by atoms with Crippen molar-refractivity contribution < 1.29 is 0 Å². The van der Waals surface area contributed by atoms with Gasteiger partial charge in [-0.1, -0.05) is 30.3 Å². The molecule has 104 valence electrons. The van der Waals surface area contributed by atoms with Crippen LogP contribution in [0.4, 0.5) is 0 Å². The largest absolute Gasteiger partial charge is 0.271 e. The molecule has 0 aliphatic heterocycles. The fourth-order valence-electron chi connectivity index (χ4n) is 3.25. The quantitative estimate of drug-likeness (QED) is 0.664. The van der Waals surface area contributed by atoms with Crippen molar-refractivity contribution in [3.63, 3.8) is 0 Å². The van der Waals surface area contributed by atoms with Gasteiger partial charge in [-0.05, 0) is 48.9 Å². The summed E-state index contributed by atoms with van der Waals surface area (Å²) < 4.78 is 0. The normalized spacial score (nSPS) is 19.4. The number of nitrogens with one attached hydrogen (secondary N) is 1. The molecule has 2 unspecified atom stereocenters. The minimum absolute atomic E-state index is 0.129. The summed E-state index contributed by atoms with van der Waals surface area (Å²) in [6.07, 6.45) is 5.51. The number of benzene rings is 1. The summed E-state index contributed by atoms with van der Waals surface area (Å²) in [5, 5.41) is 0. The van der Waals surface area contributed by atoms with Crippen molar-refractivity contribution in [2.24, 2.45) is 5.84 Å². The van der Waals surface area contributed by atoms with Crippen molar-refractivity contribution in [3.05, 3.63) is 65.0 Å². The van der Waals surface area contributed by atoms with Gasteiger partial charge in [0.25, 0.3) is 0 Å². The third kappa shape index (κ3) is 2.47. The number of rotatable bonds is 3. The second kappa shape index (κ2) is 5.73. The van der Waals surface area contributed by atoms with Crippen molar-refractivity contribution in [3.8, 4) is 0 Å². The molecule has 1 aliphatic carbocycles. The van der Waals surface area contributed by atoms with E-state index in [2.05, 4.69) is 46.8 Å². The Bertz CT molecular complexity index is 577. The molecule has 0 spiro atoms. The molecule has 2 aromatic rings. The second-order valence-corrected chi connectivity index (χ2v) is 5.57. The number of pyridine rings is 1. The van der Waals surface area contributed by atoms with Crippen molar-refractivity contribution in [2.45, 2.75) is 38.1 Å². The molecule has 0 bridgehead atoms. The molecule has 3 nitrogen and oxygen atoms in total. The lowest BCUT2D eigenvalue weighted by Gasteiger charge is -2.32. The Hall–Kier alpha value is -1.71. The molecule has 20 heavy (non-hydrogen) atoms. The zero-order chi connectivity index (χ0) is 13.9. The highest BCUT2D eigenvalue weighted by Gasteiger charge is 2.28. The smallest absolute Gasteiger partial charge is 0.0543 e. The van der Waals surface area contributed by atoms with E-state index in [1.807, 2.05) is 13.1 Å². The zero-order valence-corrected chi connectivity index (χ0v) is 11.8. The first kappa shape index (κ1) is 13.3. The molecule has 1 aliphatic rings. The van der Waals surface area contributed by atoms with Gasteiger partial charge in [-0.15, -0.1) is 0 Å². The van der Waals surface area contributed by atoms with Crippen LogP contribution in [0.2, 0.25) is 0 Å². The molecule has 1 aromatic carbocycles. The van der Waals surface area contributed by atoms with Gasteiger partial charge < -0.3 is 0 Å². The van der Waals surface area contributed by atoms with E-state index in [0.29, 0.717) is 5.92 Å². The summed E-state index contributed by atoms with van der Waals surface area (Å²) in [6.45, 7) is 2.00. The van der Waals surface area contributed by atoms with E-state index < -0.39 is 0 Å². The van der Waals surface area contributed by atoms with Gasteiger partial charge in [0.15, 0.2) is 0 Å². The molecule has 0 radical (unpaired) electrons. The predicted molar refractivity (Wildman–Crippen MR) is 81.2 cm³/mol. The van der Waals surface area contributed by atoms with Gasteiger partial charge in [0.2, 0.25) is 0 Å². The van der Waals surface area contributed by atoms with Crippen LogP contribution < -0.4 is 11.3 Å². The average molecular weight is 267 g/mol. The lowest BCUT2D eigenvalue weighted by Crippen LogP contribution is -2.34. The highest BCUT2D eigenvalue weighted by molar-refractivity contribution is 5.35. The number of nitrogens with zero attached hydrogens (tertiary/aromatic N) is 1. The number of hydrogen-bond donors (Lipinski definition) is 2. The van der Waals surface area contributed by atoms with Crippen molar-refractivity contribution >= 4 is 0 Å². The first-order valence-corrected chi connectivity index (χ1v) is 7.26. The maximum atomic E-state index is 5.85. The molecule has 2 atom stereocenters. The number of aromatic nitrogens is 1. The highest BCUT2D eigenvalue weighted by atomic mass is 15.2. The Morgan fingerprint density at radius 2 is 2.10 bits per heavy atom. The summed E-state index contributed by atoms with van der Waals surface area (Å²) in [7, 11) is 0. The number of hydrogen-bond acceptors (Lipinski definition) is 3. The van der Waals surface area contributed by atoms with Gasteiger partial charge in [0.05, 0.1) is 6.04 Å². The molecule has 3 rings (SSSR count). The van der Waals surface area contributed by atoms with Crippen LogP contribution in [-0.2, 0) is 6.42 Å². The zero-order valence-electron chi connectivity index (χ0n) is 11.8. The van der Waals surface area contributed by atoms with E-state index in [-0.39, 0.29) is 6.04 Å². The van der Waals surface area contributed by atoms with Gasteiger partial charge in [0, 0.05) is 17.8 Å². The Morgan fingerprint density at radius 3 is 2.85 bits per heavy atom. The molecule has 3 N–H and O–H groups in total. The standard InChI is InChI=1S/C17H21N3/c1-12-9-10-14(11-19-12)17(20-18)16-8-4-6-13-5-2-3-7-15(13)16/h2-3,5,7,9-11,16-17,20H,4,6,8,18H2,1H3. The van der Waals surface area contributed by atoms with E-state index in [0.717, 1.165) is 5.69 Å². The first-order valence-electron chi connectivity index (χ1n) is 7.26. The number of nitrogens with two attached hydrogens (primary N) is 1. The van der Waals surface area contributed by atoms with Gasteiger partial charge in [0.1, 0.15) is 0 Å². The molecule has 0 amide bonds. The number of hydrazine groups is 1. The summed E-state index contributed by atoms with van der Waals surface area (Å²) in [5.41, 5.74) is 8.11. The van der Waals surface area contributed by atoms with Gasteiger partial charge in [-0.2, -0.15) is 0 Å². The molecule has 0 saturated carbocycles. The molecule has 0 saturated heterocycles. The maximum Gasteiger partial charge on any atom is 0.0543 e. The third-order valence-electron chi connectivity index (χ3n) is 4.29. The van der Waals surface area contributed by atoms with Crippen LogP contribution in [0.1, 0.15) is 47.2 Å². The number of aryl methyl sites for hydroxylation is 2. The van der Waals surface area contributed by atoms with Crippen LogP contribution in [0, 0.1) is 6.92 Å². The van der Waals surface area contributed by atoms with Gasteiger partial charge >= 0.3 is 0 Å². The summed E-state index contributed by atoms with van der Waals surface area (Å²) in [5.74, 6) is 6.28. The monoisotopic (exact) mass is 267 g/mol. The summed E-state index contributed by atoms with van der Waals surface area (Å²) in [6, 6.07) is 13.0. The minimum Gasteiger partial charge on any atom is -0.271 e. The van der Waals surface area contributed by atoms with Crippen LogP contribution >= 0.6 is 0 Å². The fraction of sp³-hybridized carbons (Fsp3) is 0.353. The lowest BCUT2D eigenvalue weighted by molar-refractivity contribution is 0.407. The van der Waals surface area contributed by atoms with Crippen LogP contribution in [-0.4, -0.2) is 4.98 Å². The molecular formula is C17H21N3. The van der Waals surface area contributed by atoms with Gasteiger partial charge in [-0.3, -0.25) is 16.3 Å². The molecule has 1 heterocycles. The molecule has 3 heteroatoms. The molecular weight excluding hydrogens is 246 g/mol. The summed E-state index contributed by atoms with van der Waals surface area (Å²) >= 11 is 0. The van der Waals surface area contributed by atoms with Crippen LogP contribution in [0.15, 0.2) is 42.6 Å². The fourth-order valence-corrected chi connectivity index (χ4v) is 3.25. The summed E-state index contributed by atoms with van der Waals surface area (Å²) in [4.78, 5) is 4.40. The minimum atomic E-state index is 0.129. The number of fused-ring (bicyclic) bond motifs is 1. The first-order chi connectivity index (χ1) is 9.79. The predicted octanol–water partition coefficient (Wildman–Crippen LogP) is 3.01. The van der Waals surface area contributed by atoms with E-state index >= 15 is 0 Å². The van der Waals surface area contributed by atoms with Crippen molar-refractivity contribution in [2.75, 3.05) is 0 Å². The second-order valence-electron chi connectivity index (χ2n) is 5.57. The molecule has 0 fully saturated rings. The van der Waals surface area contributed by atoms with Crippen LogP contribution in [0.25, 0.3) is 0 Å². The van der Waals surface area contributed by atoms with Crippen LogP contribution in [0.3, 0.4) is 0 Å². The topological polar surface area (TPSA) is 50.9 Å². The Morgan fingerprint density at radius 1 is 1.25 bits per heavy atom. The van der Waals surface area contributed by atoms with Crippen molar-refractivity contribution in [1.29, 1.82) is 0 Å². The van der Waals surface area contributed by atoms with E-state index in [9.17, 15) is 0 Å². The molecule has 1 aromatic heterocycles. The highest BCUT2D eigenvalue weighted by Crippen LogP contribution is 2.39. The average Bonchev–Trinajstić information content (AvgIpc) is 2.50.